The third kappa shape index (κ3) is 2.81. The zero-order valence-corrected chi connectivity index (χ0v) is 8.76. The van der Waals surface area contributed by atoms with Crippen LogP contribution in [0, 0.1) is 12.7 Å². The van der Waals surface area contributed by atoms with Gasteiger partial charge in [0.2, 0.25) is 0 Å². The molecule has 0 amide bonds. The lowest BCUT2D eigenvalue weighted by Crippen LogP contribution is -2.00. The van der Waals surface area contributed by atoms with Crippen LogP contribution in [-0.4, -0.2) is 5.11 Å². The van der Waals surface area contributed by atoms with E-state index in [4.69, 9.17) is 0 Å². The molecule has 0 aromatic heterocycles. The van der Waals surface area contributed by atoms with Crippen molar-refractivity contribution in [1.29, 1.82) is 0 Å². The molecule has 1 aromatic carbocycles. The number of hydrogen-bond donors (Lipinski definition) is 1. The topological polar surface area (TPSA) is 20.2 Å². The number of unbranched alkanes of at least 4 members (excludes halogenated alkanes) is 1. The number of rotatable bonds is 4. The fourth-order valence-corrected chi connectivity index (χ4v) is 1.52. The molecule has 0 fully saturated rings. The van der Waals surface area contributed by atoms with E-state index in [2.05, 4.69) is 6.92 Å². The first-order valence-electron chi connectivity index (χ1n) is 5.09. The zero-order chi connectivity index (χ0) is 10.6. The molecule has 0 heterocycles. The van der Waals surface area contributed by atoms with Gasteiger partial charge in [-0.1, -0.05) is 25.8 Å². The Kier molecular flexibility index (Phi) is 4.08. The van der Waals surface area contributed by atoms with Crippen LogP contribution in [-0.2, 0) is 0 Å². The molecule has 0 aliphatic heterocycles. The van der Waals surface area contributed by atoms with Crippen molar-refractivity contribution in [3.63, 3.8) is 0 Å². The van der Waals surface area contributed by atoms with Crippen LogP contribution in [0.15, 0.2) is 18.2 Å². The molecule has 0 spiro atoms. The van der Waals surface area contributed by atoms with Gasteiger partial charge in [0.15, 0.2) is 0 Å². The Labute approximate surface area is 84.6 Å². The van der Waals surface area contributed by atoms with Crippen LogP contribution in [0.25, 0.3) is 0 Å². The molecular formula is C12H17FO. The summed E-state index contributed by atoms with van der Waals surface area (Å²) in [6.07, 6.45) is 2.20. The fraction of sp³-hybridized carbons (Fsp3) is 0.500. The van der Waals surface area contributed by atoms with E-state index in [1.54, 1.807) is 6.07 Å². The molecule has 0 saturated heterocycles. The summed E-state index contributed by atoms with van der Waals surface area (Å²) in [5.41, 5.74) is 1.67. The highest BCUT2D eigenvalue weighted by molar-refractivity contribution is 5.28. The molecular weight excluding hydrogens is 179 g/mol. The van der Waals surface area contributed by atoms with Crippen LogP contribution in [0.5, 0.6) is 0 Å². The molecule has 1 rings (SSSR count). The summed E-state index contributed by atoms with van der Waals surface area (Å²) >= 11 is 0. The smallest absolute Gasteiger partial charge is 0.123 e. The predicted octanol–water partition coefficient (Wildman–Crippen LogP) is 3.36. The van der Waals surface area contributed by atoms with E-state index in [9.17, 15) is 9.50 Å². The monoisotopic (exact) mass is 196 g/mol. The number of aliphatic hydroxyl groups excluding tert-OH is 1. The van der Waals surface area contributed by atoms with Crippen molar-refractivity contribution < 1.29 is 9.50 Å². The minimum atomic E-state index is -0.523. The van der Waals surface area contributed by atoms with E-state index in [0.29, 0.717) is 6.42 Å². The van der Waals surface area contributed by atoms with Crippen LogP contribution < -0.4 is 0 Å². The first kappa shape index (κ1) is 11.2. The average Bonchev–Trinajstić information content (AvgIpc) is 2.18. The summed E-state index contributed by atoms with van der Waals surface area (Å²) in [4.78, 5) is 0. The van der Waals surface area contributed by atoms with Crippen molar-refractivity contribution in [3.05, 3.63) is 35.1 Å². The van der Waals surface area contributed by atoms with Gasteiger partial charge in [-0.05, 0) is 36.6 Å². The lowest BCUT2D eigenvalue weighted by Gasteiger charge is -2.13. The van der Waals surface area contributed by atoms with Gasteiger partial charge in [0.1, 0.15) is 5.82 Å². The SMILES string of the molecule is CCCCC(O)c1cc(F)ccc1C. The molecule has 0 aliphatic carbocycles. The Bertz CT molecular complexity index is 296. The number of hydrogen-bond acceptors (Lipinski definition) is 1. The molecule has 1 N–H and O–H groups in total. The minimum absolute atomic E-state index is 0.277. The normalized spacial score (nSPS) is 12.9. The second-order valence-electron chi connectivity index (χ2n) is 3.66. The molecule has 78 valence electrons. The summed E-state index contributed by atoms with van der Waals surface area (Å²) in [7, 11) is 0. The summed E-state index contributed by atoms with van der Waals surface area (Å²) in [6, 6.07) is 4.56. The Hall–Kier alpha value is -0.890. The second kappa shape index (κ2) is 5.11. The summed E-state index contributed by atoms with van der Waals surface area (Å²) < 4.78 is 12.9. The summed E-state index contributed by atoms with van der Waals surface area (Å²) in [6.45, 7) is 3.97. The van der Waals surface area contributed by atoms with Gasteiger partial charge < -0.3 is 5.11 Å². The summed E-state index contributed by atoms with van der Waals surface area (Å²) in [5, 5.41) is 9.79. The maximum Gasteiger partial charge on any atom is 0.123 e. The fourth-order valence-electron chi connectivity index (χ4n) is 1.52. The molecule has 0 bridgehead atoms. The van der Waals surface area contributed by atoms with Gasteiger partial charge >= 0.3 is 0 Å². The third-order valence-corrected chi connectivity index (χ3v) is 2.43. The first-order chi connectivity index (χ1) is 6.65. The van der Waals surface area contributed by atoms with Crippen molar-refractivity contribution in [1.82, 2.24) is 0 Å². The number of halogens is 1. The molecule has 0 saturated carbocycles. The largest absolute Gasteiger partial charge is 0.388 e. The quantitative estimate of drug-likeness (QED) is 0.782. The highest BCUT2D eigenvalue weighted by atomic mass is 19.1. The Morgan fingerprint density at radius 3 is 2.79 bits per heavy atom. The van der Waals surface area contributed by atoms with Gasteiger partial charge in [-0.25, -0.2) is 4.39 Å². The van der Waals surface area contributed by atoms with Crippen LogP contribution >= 0.6 is 0 Å². The highest BCUT2D eigenvalue weighted by Crippen LogP contribution is 2.23. The van der Waals surface area contributed by atoms with E-state index in [1.165, 1.54) is 12.1 Å². The van der Waals surface area contributed by atoms with Crippen molar-refractivity contribution >= 4 is 0 Å². The van der Waals surface area contributed by atoms with E-state index < -0.39 is 6.10 Å². The molecule has 2 heteroatoms. The lowest BCUT2D eigenvalue weighted by atomic mass is 9.99. The van der Waals surface area contributed by atoms with E-state index in [0.717, 1.165) is 24.0 Å². The maximum absolute atomic E-state index is 12.9. The van der Waals surface area contributed by atoms with E-state index in [-0.39, 0.29) is 5.82 Å². The molecule has 1 nitrogen and oxygen atoms in total. The molecule has 14 heavy (non-hydrogen) atoms. The zero-order valence-electron chi connectivity index (χ0n) is 8.76. The van der Waals surface area contributed by atoms with Crippen LogP contribution in [0.3, 0.4) is 0 Å². The molecule has 1 unspecified atom stereocenters. The van der Waals surface area contributed by atoms with Gasteiger partial charge in [0.25, 0.3) is 0 Å². The Balaban J connectivity index is 2.77. The maximum atomic E-state index is 12.9. The second-order valence-corrected chi connectivity index (χ2v) is 3.66. The molecule has 1 aromatic rings. The van der Waals surface area contributed by atoms with Crippen molar-refractivity contribution in [2.24, 2.45) is 0 Å². The predicted molar refractivity (Wildman–Crippen MR) is 55.6 cm³/mol. The molecule has 0 radical (unpaired) electrons. The minimum Gasteiger partial charge on any atom is -0.388 e. The van der Waals surface area contributed by atoms with Crippen LogP contribution in [0.1, 0.15) is 43.4 Å². The highest BCUT2D eigenvalue weighted by Gasteiger charge is 2.10. The van der Waals surface area contributed by atoms with Gasteiger partial charge in [0.05, 0.1) is 6.10 Å². The number of benzene rings is 1. The van der Waals surface area contributed by atoms with Gasteiger partial charge in [0, 0.05) is 0 Å². The third-order valence-electron chi connectivity index (χ3n) is 2.43. The molecule has 0 aliphatic rings. The van der Waals surface area contributed by atoms with Crippen LogP contribution in [0.2, 0.25) is 0 Å². The van der Waals surface area contributed by atoms with Gasteiger partial charge in [-0.3, -0.25) is 0 Å². The van der Waals surface area contributed by atoms with Crippen molar-refractivity contribution in [2.45, 2.75) is 39.2 Å². The van der Waals surface area contributed by atoms with Crippen molar-refractivity contribution in [3.8, 4) is 0 Å². The van der Waals surface area contributed by atoms with Crippen molar-refractivity contribution in [2.75, 3.05) is 0 Å². The van der Waals surface area contributed by atoms with Gasteiger partial charge in [-0.2, -0.15) is 0 Å². The standard InChI is InChI=1S/C12H17FO/c1-3-4-5-12(14)11-8-10(13)7-6-9(11)2/h6-8,12,14H,3-5H2,1-2H3. The van der Waals surface area contributed by atoms with Crippen LogP contribution in [0.4, 0.5) is 4.39 Å². The number of aryl methyl sites for hydroxylation is 1. The number of aliphatic hydroxyl groups is 1. The van der Waals surface area contributed by atoms with E-state index in [1.807, 2.05) is 6.92 Å². The van der Waals surface area contributed by atoms with Gasteiger partial charge in [-0.15, -0.1) is 0 Å². The average molecular weight is 196 g/mol. The van der Waals surface area contributed by atoms with E-state index >= 15 is 0 Å². The first-order valence-corrected chi connectivity index (χ1v) is 5.09. The summed E-state index contributed by atoms with van der Waals surface area (Å²) in [5.74, 6) is -0.277. The Morgan fingerprint density at radius 2 is 2.14 bits per heavy atom. The molecule has 1 atom stereocenters. The lowest BCUT2D eigenvalue weighted by molar-refractivity contribution is 0.163. The Morgan fingerprint density at radius 1 is 1.43 bits per heavy atom.